The maximum atomic E-state index is 3.66. The van der Waals surface area contributed by atoms with Gasteiger partial charge in [0.05, 0.1) is 0 Å². The van der Waals surface area contributed by atoms with Crippen molar-refractivity contribution in [2.75, 3.05) is 6.54 Å². The van der Waals surface area contributed by atoms with Gasteiger partial charge in [-0.1, -0.05) is 57.7 Å². The van der Waals surface area contributed by atoms with Crippen LogP contribution in [0.2, 0.25) is 0 Å². The number of aryl methyl sites for hydroxylation is 2. The molecule has 1 unspecified atom stereocenters. The topological polar surface area (TPSA) is 12.0 Å². The largest absolute Gasteiger partial charge is 0.314 e. The molecule has 1 aromatic rings. The van der Waals surface area contributed by atoms with E-state index in [1.165, 1.54) is 49.7 Å². The fourth-order valence-electron chi connectivity index (χ4n) is 2.80. The van der Waals surface area contributed by atoms with Crippen molar-refractivity contribution in [3.63, 3.8) is 0 Å². The standard InChI is InChI=1S/C18H31N/c1-5-7-8-9-13-17(19-6-2)14-18-15(3)11-10-12-16(18)4/h10-12,17,19H,5-9,13-14H2,1-4H3. The number of unbranched alkanes of at least 4 members (excludes halogenated alkanes) is 3. The third kappa shape index (κ3) is 5.78. The molecule has 0 radical (unpaired) electrons. The van der Waals surface area contributed by atoms with E-state index in [1.807, 2.05) is 0 Å². The molecule has 108 valence electrons. The van der Waals surface area contributed by atoms with Crippen LogP contribution in [0.3, 0.4) is 0 Å². The van der Waals surface area contributed by atoms with Crippen LogP contribution in [0, 0.1) is 13.8 Å². The first-order valence-electron chi connectivity index (χ1n) is 7.97. The Morgan fingerprint density at radius 1 is 1.00 bits per heavy atom. The molecule has 0 fully saturated rings. The Bertz CT molecular complexity index is 336. The van der Waals surface area contributed by atoms with Crippen molar-refractivity contribution < 1.29 is 0 Å². The lowest BCUT2D eigenvalue weighted by molar-refractivity contribution is 0.462. The summed E-state index contributed by atoms with van der Waals surface area (Å²) in [5.74, 6) is 0. The number of nitrogens with one attached hydrogen (secondary N) is 1. The van der Waals surface area contributed by atoms with Gasteiger partial charge in [-0.25, -0.2) is 0 Å². The number of benzene rings is 1. The molecule has 0 aliphatic carbocycles. The number of rotatable bonds is 9. The van der Waals surface area contributed by atoms with Crippen LogP contribution in [0.25, 0.3) is 0 Å². The molecular formula is C18H31N. The van der Waals surface area contributed by atoms with Crippen LogP contribution >= 0.6 is 0 Å². The summed E-state index contributed by atoms with van der Waals surface area (Å²) in [5.41, 5.74) is 4.43. The summed E-state index contributed by atoms with van der Waals surface area (Å²) >= 11 is 0. The maximum Gasteiger partial charge on any atom is 0.0108 e. The van der Waals surface area contributed by atoms with Gasteiger partial charge in [-0.2, -0.15) is 0 Å². The third-order valence-corrected chi connectivity index (χ3v) is 3.99. The van der Waals surface area contributed by atoms with Crippen LogP contribution in [0.4, 0.5) is 0 Å². The summed E-state index contributed by atoms with van der Waals surface area (Å²) in [4.78, 5) is 0. The molecule has 1 rings (SSSR count). The van der Waals surface area contributed by atoms with E-state index < -0.39 is 0 Å². The fourth-order valence-corrected chi connectivity index (χ4v) is 2.80. The monoisotopic (exact) mass is 261 g/mol. The zero-order chi connectivity index (χ0) is 14.1. The molecule has 0 saturated carbocycles. The van der Waals surface area contributed by atoms with E-state index in [1.54, 1.807) is 5.56 Å². The SMILES string of the molecule is CCCCCCC(Cc1c(C)cccc1C)NCC. The van der Waals surface area contributed by atoms with Crippen LogP contribution in [-0.4, -0.2) is 12.6 Å². The minimum atomic E-state index is 0.640. The van der Waals surface area contributed by atoms with Gasteiger partial charge in [0.1, 0.15) is 0 Å². The first-order valence-corrected chi connectivity index (χ1v) is 7.97. The highest BCUT2D eigenvalue weighted by molar-refractivity contribution is 5.34. The van der Waals surface area contributed by atoms with Crippen molar-refractivity contribution in [2.24, 2.45) is 0 Å². The molecule has 0 bridgehead atoms. The molecule has 1 heteroatoms. The number of hydrogen-bond donors (Lipinski definition) is 1. The summed E-state index contributed by atoms with van der Waals surface area (Å²) in [6.07, 6.45) is 7.92. The maximum absolute atomic E-state index is 3.66. The molecule has 0 aliphatic heterocycles. The predicted octanol–water partition coefficient (Wildman–Crippen LogP) is 4.79. The lowest BCUT2D eigenvalue weighted by Gasteiger charge is -2.20. The fraction of sp³-hybridized carbons (Fsp3) is 0.667. The van der Waals surface area contributed by atoms with E-state index >= 15 is 0 Å². The Morgan fingerprint density at radius 3 is 2.26 bits per heavy atom. The quantitative estimate of drug-likeness (QED) is 0.630. The zero-order valence-electron chi connectivity index (χ0n) is 13.3. The van der Waals surface area contributed by atoms with Gasteiger partial charge in [-0.3, -0.25) is 0 Å². The molecule has 0 spiro atoms. The Morgan fingerprint density at radius 2 is 1.68 bits per heavy atom. The molecule has 0 saturated heterocycles. The number of hydrogen-bond acceptors (Lipinski definition) is 1. The Hall–Kier alpha value is -0.820. The Balaban J connectivity index is 2.57. The van der Waals surface area contributed by atoms with E-state index in [2.05, 4.69) is 51.2 Å². The van der Waals surface area contributed by atoms with Crippen LogP contribution in [0.1, 0.15) is 62.6 Å². The minimum absolute atomic E-state index is 0.640. The summed E-state index contributed by atoms with van der Waals surface area (Å²) in [6, 6.07) is 7.28. The second kappa shape index (κ2) is 9.14. The highest BCUT2D eigenvalue weighted by Gasteiger charge is 2.11. The highest BCUT2D eigenvalue weighted by atomic mass is 14.9. The molecule has 0 aromatic heterocycles. The van der Waals surface area contributed by atoms with Gasteiger partial charge in [-0.15, -0.1) is 0 Å². The number of likely N-dealkylation sites (N-methyl/N-ethyl adjacent to an activating group) is 1. The van der Waals surface area contributed by atoms with Crippen molar-refractivity contribution in [1.29, 1.82) is 0 Å². The summed E-state index contributed by atoms with van der Waals surface area (Å²) in [7, 11) is 0. The van der Waals surface area contributed by atoms with E-state index in [4.69, 9.17) is 0 Å². The van der Waals surface area contributed by atoms with Crippen LogP contribution < -0.4 is 5.32 Å². The molecule has 0 aliphatic rings. The highest BCUT2D eigenvalue weighted by Crippen LogP contribution is 2.17. The van der Waals surface area contributed by atoms with Crippen molar-refractivity contribution in [2.45, 2.75) is 72.3 Å². The van der Waals surface area contributed by atoms with Gasteiger partial charge >= 0.3 is 0 Å². The average Bonchev–Trinajstić information content (AvgIpc) is 2.39. The van der Waals surface area contributed by atoms with E-state index in [0.717, 1.165) is 6.54 Å². The second-order valence-electron chi connectivity index (χ2n) is 5.68. The first kappa shape index (κ1) is 16.2. The summed E-state index contributed by atoms with van der Waals surface area (Å²) in [6.45, 7) is 10.0. The van der Waals surface area contributed by atoms with Gasteiger partial charge in [-0.05, 0) is 49.9 Å². The lowest BCUT2D eigenvalue weighted by Crippen LogP contribution is -2.31. The zero-order valence-corrected chi connectivity index (χ0v) is 13.3. The smallest absolute Gasteiger partial charge is 0.0108 e. The molecule has 1 N–H and O–H groups in total. The molecule has 1 aromatic carbocycles. The second-order valence-corrected chi connectivity index (χ2v) is 5.68. The molecule has 19 heavy (non-hydrogen) atoms. The summed E-state index contributed by atoms with van der Waals surface area (Å²) < 4.78 is 0. The first-order chi connectivity index (χ1) is 9.19. The summed E-state index contributed by atoms with van der Waals surface area (Å²) in [5, 5.41) is 3.66. The predicted molar refractivity (Wildman–Crippen MR) is 85.8 cm³/mol. The van der Waals surface area contributed by atoms with Crippen molar-refractivity contribution in [3.05, 3.63) is 34.9 Å². The van der Waals surface area contributed by atoms with Crippen molar-refractivity contribution in [3.8, 4) is 0 Å². The van der Waals surface area contributed by atoms with E-state index in [0.29, 0.717) is 6.04 Å². The average molecular weight is 261 g/mol. The van der Waals surface area contributed by atoms with E-state index in [-0.39, 0.29) is 0 Å². The van der Waals surface area contributed by atoms with Gasteiger partial charge in [0.15, 0.2) is 0 Å². The van der Waals surface area contributed by atoms with Crippen LogP contribution in [0.5, 0.6) is 0 Å². The van der Waals surface area contributed by atoms with E-state index in [9.17, 15) is 0 Å². The van der Waals surface area contributed by atoms with Gasteiger partial charge in [0, 0.05) is 6.04 Å². The van der Waals surface area contributed by atoms with Crippen LogP contribution in [0.15, 0.2) is 18.2 Å². The van der Waals surface area contributed by atoms with Gasteiger partial charge in [0.2, 0.25) is 0 Å². The minimum Gasteiger partial charge on any atom is -0.314 e. The molecule has 0 amide bonds. The van der Waals surface area contributed by atoms with Gasteiger partial charge in [0.25, 0.3) is 0 Å². The molecular weight excluding hydrogens is 230 g/mol. The molecule has 1 nitrogen and oxygen atoms in total. The Labute approximate surface area is 119 Å². The van der Waals surface area contributed by atoms with Crippen molar-refractivity contribution in [1.82, 2.24) is 5.32 Å². The normalized spacial score (nSPS) is 12.6. The lowest BCUT2D eigenvalue weighted by atomic mass is 9.94. The van der Waals surface area contributed by atoms with Gasteiger partial charge < -0.3 is 5.32 Å². The molecule has 1 atom stereocenters. The van der Waals surface area contributed by atoms with Crippen molar-refractivity contribution >= 4 is 0 Å². The molecule has 0 heterocycles. The third-order valence-electron chi connectivity index (χ3n) is 3.99. The Kier molecular flexibility index (Phi) is 7.81. The van der Waals surface area contributed by atoms with Crippen LogP contribution in [-0.2, 0) is 6.42 Å².